The highest BCUT2D eigenvalue weighted by molar-refractivity contribution is 4.89. The molecular formula is C21H41N2+. The summed E-state index contributed by atoms with van der Waals surface area (Å²) in [6.07, 6.45) is 19.7. The number of unbranched alkanes of at least 4 members (excludes halogenated alkanes) is 9. The van der Waals surface area contributed by atoms with E-state index in [1.807, 2.05) is 0 Å². The van der Waals surface area contributed by atoms with Crippen molar-refractivity contribution in [1.82, 2.24) is 4.57 Å². The predicted molar refractivity (Wildman–Crippen MR) is 101 cm³/mol. The summed E-state index contributed by atoms with van der Waals surface area (Å²) in [5.41, 5.74) is 0. The summed E-state index contributed by atoms with van der Waals surface area (Å²) in [5.74, 6) is 2.13. The molecule has 0 spiro atoms. The van der Waals surface area contributed by atoms with Gasteiger partial charge < -0.3 is 0 Å². The maximum atomic E-state index is 2.51. The van der Waals surface area contributed by atoms with Gasteiger partial charge >= 0.3 is 0 Å². The highest BCUT2D eigenvalue weighted by Crippen LogP contribution is 2.13. The molecule has 0 amide bonds. The summed E-state index contributed by atoms with van der Waals surface area (Å²) in [4.78, 5) is 0. The Hall–Kier alpha value is -0.790. The molecule has 0 fully saturated rings. The van der Waals surface area contributed by atoms with Gasteiger partial charge in [-0.25, -0.2) is 9.13 Å². The molecule has 0 saturated heterocycles. The summed E-state index contributed by atoms with van der Waals surface area (Å²) in [7, 11) is 0. The second-order valence-electron chi connectivity index (χ2n) is 7.38. The zero-order valence-corrected chi connectivity index (χ0v) is 16.3. The maximum absolute atomic E-state index is 2.51. The first-order valence-corrected chi connectivity index (χ1v) is 10.3. The van der Waals surface area contributed by atoms with Gasteiger partial charge in [0.1, 0.15) is 12.4 Å². The second-order valence-corrected chi connectivity index (χ2v) is 7.38. The average Bonchev–Trinajstić information content (AvgIpc) is 2.93. The minimum atomic E-state index is 0.612. The number of hydrogen-bond donors (Lipinski definition) is 0. The third kappa shape index (κ3) is 8.04. The summed E-state index contributed by atoms with van der Waals surface area (Å²) in [5, 5.41) is 0. The van der Waals surface area contributed by atoms with Crippen molar-refractivity contribution in [3.8, 4) is 0 Å². The number of aromatic nitrogens is 2. The molecule has 0 aromatic carbocycles. The van der Waals surface area contributed by atoms with Gasteiger partial charge in [-0.15, -0.1) is 0 Å². The first kappa shape index (κ1) is 20.3. The molecule has 0 N–H and O–H groups in total. The van der Waals surface area contributed by atoms with E-state index in [1.165, 1.54) is 89.5 Å². The van der Waals surface area contributed by atoms with Crippen molar-refractivity contribution in [2.75, 3.05) is 0 Å². The van der Waals surface area contributed by atoms with Crippen LogP contribution in [0.25, 0.3) is 0 Å². The molecule has 0 bridgehead atoms. The van der Waals surface area contributed by atoms with Gasteiger partial charge in [0.05, 0.1) is 19.0 Å². The van der Waals surface area contributed by atoms with Crippen molar-refractivity contribution in [3.63, 3.8) is 0 Å². The first-order valence-electron chi connectivity index (χ1n) is 10.3. The maximum Gasteiger partial charge on any atom is 0.258 e. The lowest BCUT2D eigenvalue weighted by atomic mass is 10.1. The third-order valence-electron chi connectivity index (χ3n) is 4.79. The van der Waals surface area contributed by atoms with Gasteiger partial charge in [0, 0.05) is 0 Å². The van der Waals surface area contributed by atoms with E-state index < -0.39 is 0 Å². The van der Waals surface area contributed by atoms with Gasteiger partial charge in [-0.1, -0.05) is 72.6 Å². The largest absolute Gasteiger partial charge is 0.258 e. The Bertz CT molecular complexity index is 393. The van der Waals surface area contributed by atoms with E-state index in [0.717, 1.165) is 0 Å². The highest BCUT2D eigenvalue weighted by atomic mass is 15.1. The molecule has 0 aliphatic rings. The summed E-state index contributed by atoms with van der Waals surface area (Å²) >= 11 is 0. The Kier molecular flexibility index (Phi) is 11.1. The van der Waals surface area contributed by atoms with Crippen LogP contribution in [-0.4, -0.2) is 4.57 Å². The number of hydrogen-bond acceptors (Lipinski definition) is 0. The van der Waals surface area contributed by atoms with Crippen molar-refractivity contribution in [2.45, 2.75) is 117 Å². The van der Waals surface area contributed by atoms with E-state index in [1.54, 1.807) is 0 Å². The molecule has 0 aliphatic heterocycles. The van der Waals surface area contributed by atoms with Gasteiger partial charge in [-0.3, -0.25) is 0 Å². The Morgan fingerprint density at radius 2 is 1.39 bits per heavy atom. The Morgan fingerprint density at radius 1 is 0.826 bits per heavy atom. The minimum absolute atomic E-state index is 0.612. The van der Waals surface area contributed by atoms with E-state index in [0.29, 0.717) is 5.92 Å². The minimum Gasteiger partial charge on any atom is -0.234 e. The number of aryl methyl sites for hydroxylation is 2. The molecule has 1 rings (SSSR count). The molecule has 23 heavy (non-hydrogen) atoms. The molecule has 1 heterocycles. The fourth-order valence-corrected chi connectivity index (χ4v) is 3.47. The fraction of sp³-hybridized carbons (Fsp3) is 0.857. The second kappa shape index (κ2) is 12.6. The van der Waals surface area contributed by atoms with Crippen LogP contribution in [0.15, 0.2) is 12.4 Å². The first-order chi connectivity index (χ1) is 11.2. The van der Waals surface area contributed by atoms with Gasteiger partial charge in [0.25, 0.3) is 5.82 Å². The quantitative estimate of drug-likeness (QED) is 0.284. The van der Waals surface area contributed by atoms with E-state index in [9.17, 15) is 0 Å². The lowest BCUT2D eigenvalue weighted by Crippen LogP contribution is -2.38. The van der Waals surface area contributed by atoms with Crippen LogP contribution in [-0.2, 0) is 13.1 Å². The van der Waals surface area contributed by atoms with Gasteiger partial charge in [-0.05, 0) is 25.7 Å². The van der Waals surface area contributed by atoms with E-state index in [-0.39, 0.29) is 0 Å². The number of nitrogens with zero attached hydrogens (tertiary/aromatic N) is 2. The van der Waals surface area contributed by atoms with Gasteiger partial charge in [0.15, 0.2) is 0 Å². The summed E-state index contributed by atoms with van der Waals surface area (Å²) in [6.45, 7) is 11.6. The van der Waals surface area contributed by atoms with Crippen LogP contribution in [0.5, 0.6) is 0 Å². The molecule has 1 aromatic heterocycles. The van der Waals surface area contributed by atoms with Crippen LogP contribution in [0.3, 0.4) is 0 Å². The molecule has 0 aliphatic carbocycles. The molecule has 2 nitrogen and oxygen atoms in total. The van der Waals surface area contributed by atoms with E-state index in [4.69, 9.17) is 0 Å². The number of imidazole rings is 1. The van der Waals surface area contributed by atoms with Crippen molar-refractivity contribution in [3.05, 3.63) is 18.2 Å². The van der Waals surface area contributed by atoms with Crippen molar-refractivity contribution in [1.29, 1.82) is 0 Å². The Labute approximate surface area is 145 Å². The van der Waals surface area contributed by atoms with E-state index in [2.05, 4.69) is 49.2 Å². The van der Waals surface area contributed by atoms with Crippen LogP contribution in [0, 0.1) is 0 Å². The molecular weight excluding hydrogens is 280 g/mol. The highest BCUT2D eigenvalue weighted by Gasteiger charge is 2.19. The van der Waals surface area contributed by atoms with Crippen LogP contribution in [0.1, 0.15) is 110 Å². The zero-order chi connectivity index (χ0) is 16.9. The fourth-order valence-electron chi connectivity index (χ4n) is 3.47. The van der Waals surface area contributed by atoms with E-state index >= 15 is 0 Å². The van der Waals surface area contributed by atoms with Crippen LogP contribution in [0.2, 0.25) is 0 Å². The molecule has 2 heteroatoms. The lowest BCUT2D eigenvalue weighted by Gasteiger charge is -2.08. The summed E-state index contributed by atoms with van der Waals surface area (Å²) in [6, 6.07) is 0. The molecule has 134 valence electrons. The van der Waals surface area contributed by atoms with Gasteiger partial charge in [0.2, 0.25) is 0 Å². The zero-order valence-electron chi connectivity index (χ0n) is 16.3. The molecule has 1 aromatic rings. The monoisotopic (exact) mass is 321 g/mol. The van der Waals surface area contributed by atoms with Crippen molar-refractivity contribution >= 4 is 0 Å². The smallest absolute Gasteiger partial charge is 0.234 e. The van der Waals surface area contributed by atoms with Crippen molar-refractivity contribution < 1.29 is 4.57 Å². The summed E-state index contributed by atoms with van der Waals surface area (Å²) < 4.78 is 5.02. The van der Waals surface area contributed by atoms with Crippen LogP contribution >= 0.6 is 0 Å². The standard InChI is InChI=1S/C21H41N2/c1-5-7-9-11-13-15-17-23-19-18-22(21(23)20(3)4)16-14-12-10-8-6-2/h18-20H,5-17H2,1-4H3/q+1. The molecule has 0 atom stereocenters. The molecule has 0 radical (unpaired) electrons. The van der Waals surface area contributed by atoms with Crippen LogP contribution < -0.4 is 4.57 Å². The molecule has 0 saturated carbocycles. The van der Waals surface area contributed by atoms with Crippen LogP contribution in [0.4, 0.5) is 0 Å². The van der Waals surface area contributed by atoms with Crippen molar-refractivity contribution in [2.24, 2.45) is 0 Å². The Morgan fingerprint density at radius 3 is 2.00 bits per heavy atom. The molecule has 0 unspecified atom stereocenters. The number of rotatable bonds is 14. The predicted octanol–water partition coefficient (Wildman–Crippen LogP) is 6.23. The third-order valence-corrected chi connectivity index (χ3v) is 4.79. The average molecular weight is 322 g/mol. The SMILES string of the molecule is CCCCCCCC[n+]1ccn(CCCCCCC)c1C(C)C. The normalized spacial score (nSPS) is 11.5. The Balaban J connectivity index is 2.40. The lowest BCUT2D eigenvalue weighted by molar-refractivity contribution is -0.705. The topological polar surface area (TPSA) is 8.81 Å². The van der Waals surface area contributed by atoms with Gasteiger partial charge in [-0.2, -0.15) is 0 Å².